The molecule has 0 atom stereocenters. The van der Waals surface area contributed by atoms with Crippen LogP contribution in [0.1, 0.15) is 27.2 Å². The largest absolute Gasteiger partial charge is 0.380 e. The van der Waals surface area contributed by atoms with Crippen LogP contribution in [0.3, 0.4) is 0 Å². The molecule has 0 aromatic heterocycles. The van der Waals surface area contributed by atoms with Crippen molar-refractivity contribution >= 4 is 5.91 Å². The van der Waals surface area contributed by atoms with E-state index in [0.29, 0.717) is 6.61 Å². The van der Waals surface area contributed by atoms with E-state index in [9.17, 15) is 4.79 Å². The zero-order valence-electron chi connectivity index (χ0n) is 8.30. The van der Waals surface area contributed by atoms with Crippen LogP contribution in [-0.2, 0) is 9.53 Å². The van der Waals surface area contributed by atoms with Gasteiger partial charge in [-0.1, -0.05) is 13.8 Å². The van der Waals surface area contributed by atoms with Crippen LogP contribution in [0.2, 0.25) is 0 Å². The molecule has 0 bridgehead atoms. The van der Waals surface area contributed by atoms with Gasteiger partial charge in [0.2, 0.25) is 5.91 Å². The maximum atomic E-state index is 10.8. The van der Waals surface area contributed by atoms with E-state index in [4.69, 9.17) is 4.74 Å². The van der Waals surface area contributed by atoms with Crippen molar-refractivity contribution in [2.24, 2.45) is 0 Å². The van der Waals surface area contributed by atoms with Gasteiger partial charge in [-0.2, -0.15) is 0 Å². The molecular weight excluding hydrogens is 154 g/mol. The maximum Gasteiger partial charge on any atom is 0.219 e. The molecular formula is C9H19NO2. The van der Waals surface area contributed by atoms with E-state index in [0.717, 1.165) is 26.1 Å². The maximum absolute atomic E-state index is 10.8. The minimum absolute atomic E-state index is 0.158. The molecule has 72 valence electrons. The Morgan fingerprint density at radius 3 is 2.50 bits per heavy atom. The molecule has 0 aromatic rings. The van der Waals surface area contributed by atoms with E-state index in [1.165, 1.54) is 0 Å². The summed E-state index contributed by atoms with van der Waals surface area (Å²) < 4.78 is 5.18. The van der Waals surface area contributed by atoms with E-state index in [1.54, 1.807) is 6.92 Å². The molecule has 3 heteroatoms. The lowest BCUT2D eigenvalue weighted by atomic mass is 10.4. The molecule has 1 heterocycles. The van der Waals surface area contributed by atoms with Crippen LogP contribution in [0.5, 0.6) is 0 Å². The predicted octanol–water partition coefficient (Wildman–Crippen LogP) is 1.28. The summed E-state index contributed by atoms with van der Waals surface area (Å²) in [4.78, 5) is 12.6. The Balaban J connectivity index is 0.000000561. The van der Waals surface area contributed by atoms with Gasteiger partial charge in [-0.15, -0.1) is 0 Å². The summed E-state index contributed by atoms with van der Waals surface area (Å²) in [7, 11) is 0. The number of hydrogen-bond acceptors (Lipinski definition) is 2. The van der Waals surface area contributed by atoms with Gasteiger partial charge in [0.15, 0.2) is 0 Å². The molecule has 1 amide bonds. The number of ether oxygens (including phenoxy) is 1. The minimum atomic E-state index is 0.158. The van der Waals surface area contributed by atoms with Crippen molar-refractivity contribution in [2.75, 3.05) is 26.3 Å². The van der Waals surface area contributed by atoms with Crippen molar-refractivity contribution in [3.05, 3.63) is 0 Å². The van der Waals surface area contributed by atoms with Crippen molar-refractivity contribution in [1.82, 2.24) is 4.90 Å². The first-order valence-corrected chi connectivity index (χ1v) is 4.64. The third kappa shape index (κ3) is 4.34. The van der Waals surface area contributed by atoms with Crippen molar-refractivity contribution in [3.63, 3.8) is 0 Å². The van der Waals surface area contributed by atoms with Crippen molar-refractivity contribution in [2.45, 2.75) is 27.2 Å². The van der Waals surface area contributed by atoms with Crippen molar-refractivity contribution in [1.29, 1.82) is 0 Å². The summed E-state index contributed by atoms with van der Waals surface area (Å²) in [5, 5.41) is 0. The predicted molar refractivity (Wildman–Crippen MR) is 49.0 cm³/mol. The quantitative estimate of drug-likeness (QED) is 0.552. The summed E-state index contributed by atoms with van der Waals surface area (Å²) in [5.41, 5.74) is 0. The first-order valence-electron chi connectivity index (χ1n) is 4.64. The number of amides is 1. The van der Waals surface area contributed by atoms with Crippen molar-refractivity contribution < 1.29 is 9.53 Å². The highest BCUT2D eigenvalue weighted by Gasteiger charge is 2.10. The molecule has 12 heavy (non-hydrogen) atoms. The van der Waals surface area contributed by atoms with Gasteiger partial charge in [-0.25, -0.2) is 0 Å². The molecule has 1 aliphatic heterocycles. The zero-order valence-corrected chi connectivity index (χ0v) is 8.30. The summed E-state index contributed by atoms with van der Waals surface area (Å²) in [6, 6.07) is 0. The van der Waals surface area contributed by atoms with Crippen LogP contribution in [-0.4, -0.2) is 37.1 Å². The van der Waals surface area contributed by atoms with E-state index in [2.05, 4.69) is 0 Å². The highest BCUT2D eigenvalue weighted by atomic mass is 16.5. The average molecular weight is 173 g/mol. The fourth-order valence-corrected chi connectivity index (χ4v) is 1.06. The molecule has 1 rings (SSSR count). The van der Waals surface area contributed by atoms with E-state index >= 15 is 0 Å². The van der Waals surface area contributed by atoms with Crippen LogP contribution in [0.25, 0.3) is 0 Å². The first-order chi connectivity index (χ1) is 5.80. The normalized spacial score (nSPS) is 17.4. The Morgan fingerprint density at radius 1 is 1.25 bits per heavy atom. The molecule has 0 aromatic carbocycles. The number of rotatable bonds is 0. The molecule has 0 radical (unpaired) electrons. The first kappa shape index (κ1) is 11.4. The average Bonchev–Trinajstić information content (AvgIpc) is 2.35. The summed E-state index contributed by atoms with van der Waals surface area (Å²) in [6.45, 7) is 8.71. The Morgan fingerprint density at radius 2 is 1.92 bits per heavy atom. The zero-order chi connectivity index (χ0) is 9.40. The molecule has 0 aliphatic carbocycles. The second-order valence-corrected chi connectivity index (χ2v) is 2.47. The number of hydrogen-bond donors (Lipinski definition) is 0. The molecule has 0 unspecified atom stereocenters. The van der Waals surface area contributed by atoms with Crippen LogP contribution in [0.15, 0.2) is 0 Å². The van der Waals surface area contributed by atoms with Crippen LogP contribution >= 0.6 is 0 Å². The third-order valence-electron chi connectivity index (χ3n) is 1.67. The highest BCUT2D eigenvalue weighted by molar-refractivity contribution is 5.73. The van der Waals surface area contributed by atoms with E-state index in [-0.39, 0.29) is 5.91 Å². The van der Waals surface area contributed by atoms with Gasteiger partial charge in [0.25, 0.3) is 0 Å². The Hall–Kier alpha value is -0.570. The van der Waals surface area contributed by atoms with E-state index < -0.39 is 0 Å². The lowest BCUT2D eigenvalue weighted by molar-refractivity contribution is -0.128. The number of carbonyl (C=O) groups excluding carboxylic acids is 1. The second-order valence-electron chi connectivity index (χ2n) is 2.47. The van der Waals surface area contributed by atoms with E-state index in [1.807, 2.05) is 18.7 Å². The number of carbonyl (C=O) groups is 1. The topological polar surface area (TPSA) is 29.5 Å². The van der Waals surface area contributed by atoms with Gasteiger partial charge in [0.1, 0.15) is 0 Å². The molecule has 3 nitrogen and oxygen atoms in total. The fraction of sp³-hybridized carbons (Fsp3) is 0.889. The highest BCUT2D eigenvalue weighted by Crippen LogP contribution is 1.98. The van der Waals surface area contributed by atoms with Crippen LogP contribution in [0.4, 0.5) is 0 Å². The monoisotopic (exact) mass is 173 g/mol. The number of nitrogens with zero attached hydrogens (tertiary/aromatic N) is 1. The second kappa shape index (κ2) is 7.10. The molecule has 0 spiro atoms. The summed E-state index contributed by atoms with van der Waals surface area (Å²) in [5.74, 6) is 0.158. The van der Waals surface area contributed by atoms with Crippen molar-refractivity contribution in [3.8, 4) is 0 Å². The van der Waals surface area contributed by atoms with Gasteiger partial charge >= 0.3 is 0 Å². The lowest BCUT2D eigenvalue weighted by Crippen LogP contribution is -2.30. The molecule has 0 saturated carbocycles. The summed E-state index contributed by atoms with van der Waals surface area (Å²) in [6.07, 6.45) is 0.972. The SMILES string of the molecule is CC.CC(=O)N1CCCOCC1. The van der Waals surface area contributed by atoms with Gasteiger partial charge in [0.05, 0.1) is 6.61 Å². The molecule has 1 saturated heterocycles. The van der Waals surface area contributed by atoms with Crippen LogP contribution in [0, 0.1) is 0 Å². The van der Waals surface area contributed by atoms with Gasteiger partial charge in [-0.05, 0) is 6.42 Å². The van der Waals surface area contributed by atoms with Gasteiger partial charge in [-0.3, -0.25) is 4.79 Å². The Kier molecular flexibility index (Phi) is 6.76. The van der Waals surface area contributed by atoms with Gasteiger partial charge < -0.3 is 9.64 Å². The Labute approximate surface area is 74.7 Å². The molecule has 0 N–H and O–H groups in total. The third-order valence-corrected chi connectivity index (χ3v) is 1.67. The standard InChI is InChI=1S/C7H13NO2.C2H6/c1-7(9)8-3-2-5-10-6-4-8;1-2/h2-6H2,1H3;1-2H3. The molecule has 1 aliphatic rings. The smallest absolute Gasteiger partial charge is 0.219 e. The minimum Gasteiger partial charge on any atom is -0.380 e. The molecule has 1 fully saturated rings. The van der Waals surface area contributed by atoms with Gasteiger partial charge in [0, 0.05) is 26.6 Å². The Bertz CT molecular complexity index is 118. The fourth-order valence-electron chi connectivity index (χ4n) is 1.06. The summed E-state index contributed by atoms with van der Waals surface area (Å²) >= 11 is 0. The lowest BCUT2D eigenvalue weighted by Gasteiger charge is -2.16. The van der Waals surface area contributed by atoms with Crippen LogP contribution < -0.4 is 0 Å².